The molecule has 0 bridgehead atoms. The molecule has 0 saturated heterocycles. The van der Waals surface area contributed by atoms with Crippen molar-refractivity contribution in [2.24, 2.45) is 5.92 Å². The SMILES string of the molecule is N#CC1CCC=CC1NC(=O)Cc1ccccc1. The van der Waals surface area contributed by atoms with Crippen molar-refractivity contribution in [1.29, 1.82) is 5.26 Å². The first-order chi connectivity index (χ1) is 8.79. The molecule has 0 heterocycles. The van der Waals surface area contributed by atoms with Crippen molar-refractivity contribution < 1.29 is 4.79 Å². The lowest BCUT2D eigenvalue weighted by Crippen LogP contribution is -2.40. The highest BCUT2D eigenvalue weighted by molar-refractivity contribution is 5.79. The number of rotatable bonds is 3. The predicted molar refractivity (Wildman–Crippen MR) is 69.6 cm³/mol. The molecule has 0 aromatic heterocycles. The summed E-state index contributed by atoms with van der Waals surface area (Å²) in [5, 5.41) is 11.9. The molecular formula is C15H16N2O. The summed E-state index contributed by atoms with van der Waals surface area (Å²) in [5.41, 5.74) is 0.989. The maximum atomic E-state index is 11.9. The van der Waals surface area contributed by atoms with E-state index in [9.17, 15) is 4.79 Å². The number of carbonyl (C=O) groups is 1. The van der Waals surface area contributed by atoms with Gasteiger partial charge in [-0.15, -0.1) is 0 Å². The van der Waals surface area contributed by atoms with Crippen LogP contribution in [0.2, 0.25) is 0 Å². The van der Waals surface area contributed by atoms with Crippen LogP contribution in [-0.4, -0.2) is 11.9 Å². The number of carbonyl (C=O) groups excluding carboxylic acids is 1. The minimum absolute atomic E-state index is 0.0296. The van der Waals surface area contributed by atoms with Gasteiger partial charge in [-0.05, 0) is 18.4 Å². The fraction of sp³-hybridized carbons (Fsp3) is 0.333. The van der Waals surface area contributed by atoms with Gasteiger partial charge < -0.3 is 5.32 Å². The number of hydrogen-bond acceptors (Lipinski definition) is 2. The van der Waals surface area contributed by atoms with Gasteiger partial charge >= 0.3 is 0 Å². The Balaban J connectivity index is 1.93. The third-order valence-corrected chi connectivity index (χ3v) is 3.12. The zero-order chi connectivity index (χ0) is 12.8. The normalized spacial score (nSPS) is 22.2. The van der Waals surface area contributed by atoms with E-state index in [0.29, 0.717) is 6.42 Å². The van der Waals surface area contributed by atoms with Gasteiger partial charge in [0.05, 0.1) is 24.4 Å². The number of hydrogen-bond donors (Lipinski definition) is 1. The van der Waals surface area contributed by atoms with E-state index in [2.05, 4.69) is 11.4 Å². The number of nitriles is 1. The molecule has 0 saturated carbocycles. The second kappa shape index (κ2) is 6.02. The maximum Gasteiger partial charge on any atom is 0.224 e. The zero-order valence-electron chi connectivity index (χ0n) is 10.2. The van der Waals surface area contributed by atoms with Crippen LogP contribution in [-0.2, 0) is 11.2 Å². The second-order valence-electron chi connectivity index (χ2n) is 4.50. The van der Waals surface area contributed by atoms with Crippen LogP contribution >= 0.6 is 0 Å². The smallest absolute Gasteiger partial charge is 0.224 e. The molecule has 1 amide bonds. The number of benzene rings is 1. The van der Waals surface area contributed by atoms with E-state index in [1.165, 1.54) is 0 Å². The number of amides is 1. The van der Waals surface area contributed by atoms with Crippen molar-refractivity contribution in [2.75, 3.05) is 0 Å². The molecule has 0 spiro atoms. The minimum Gasteiger partial charge on any atom is -0.348 e. The summed E-state index contributed by atoms with van der Waals surface area (Å²) in [5.74, 6) is -0.132. The Morgan fingerprint density at radius 2 is 2.17 bits per heavy atom. The average molecular weight is 240 g/mol. The molecular weight excluding hydrogens is 224 g/mol. The van der Waals surface area contributed by atoms with Crippen molar-refractivity contribution in [3.8, 4) is 6.07 Å². The monoisotopic (exact) mass is 240 g/mol. The lowest BCUT2D eigenvalue weighted by molar-refractivity contribution is -0.121. The molecule has 0 fully saturated rings. The standard InChI is InChI=1S/C15H16N2O/c16-11-13-8-4-5-9-14(13)17-15(18)10-12-6-2-1-3-7-12/h1-3,5-7,9,13-14H,4,8,10H2,(H,17,18). The molecule has 18 heavy (non-hydrogen) atoms. The largest absolute Gasteiger partial charge is 0.348 e. The highest BCUT2D eigenvalue weighted by Gasteiger charge is 2.22. The fourth-order valence-electron chi connectivity index (χ4n) is 2.14. The van der Waals surface area contributed by atoms with Crippen LogP contribution in [0.15, 0.2) is 42.5 Å². The lowest BCUT2D eigenvalue weighted by atomic mass is 9.90. The molecule has 0 aliphatic heterocycles. The summed E-state index contributed by atoms with van der Waals surface area (Å²) in [6.07, 6.45) is 6.07. The van der Waals surface area contributed by atoms with Gasteiger partial charge in [-0.2, -0.15) is 5.26 Å². The van der Waals surface area contributed by atoms with E-state index < -0.39 is 0 Å². The van der Waals surface area contributed by atoms with Crippen molar-refractivity contribution in [2.45, 2.75) is 25.3 Å². The van der Waals surface area contributed by atoms with Crippen LogP contribution in [0.5, 0.6) is 0 Å². The third-order valence-electron chi connectivity index (χ3n) is 3.12. The van der Waals surface area contributed by atoms with Crippen LogP contribution in [0.4, 0.5) is 0 Å². The Kier molecular flexibility index (Phi) is 4.14. The molecule has 2 unspecified atom stereocenters. The van der Waals surface area contributed by atoms with Crippen molar-refractivity contribution in [3.63, 3.8) is 0 Å². The van der Waals surface area contributed by atoms with Crippen molar-refractivity contribution in [1.82, 2.24) is 5.32 Å². The summed E-state index contributed by atoms with van der Waals surface area (Å²) < 4.78 is 0. The maximum absolute atomic E-state index is 11.9. The molecule has 3 heteroatoms. The summed E-state index contributed by atoms with van der Waals surface area (Å²) in [6, 6.07) is 11.7. The first kappa shape index (κ1) is 12.4. The van der Waals surface area contributed by atoms with Gasteiger partial charge in [0, 0.05) is 0 Å². The Bertz CT molecular complexity index is 473. The third kappa shape index (κ3) is 3.21. The molecule has 1 aliphatic rings. The average Bonchev–Trinajstić information content (AvgIpc) is 2.40. The minimum atomic E-state index is -0.139. The van der Waals surface area contributed by atoms with Gasteiger partial charge in [0.25, 0.3) is 0 Å². The molecule has 3 nitrogen and oxygen atoms in total. The van der Waals surface area contributed by atoms with E-state index in [4.69, 9.17) is 5.26 Å². The van der Waals surface area contributed by atoms with Crippen LogP contribution in [0.1, 0.15) is 18.4 Å². The van der Waals surface area contributed by atoms with Gasteiger partial charge in [0.1, 0.15) is 0 Å². The van der Waals surface area contributed by atoms with Crippen LogP contribution in [0, 0.1) is 17.2 Å². The van der Waals surface area contributed by atoms with E-state index in [1.54, 1.807) is 0 Å². The van der Waals surface area contributed by atoms with Gasteiger partial charge in [-0.25, -0.2) is 0 Å². The molecule has 1 aromatic rings. The topological polar surface area (TPSA) is 52.9 Å². The molecule has 1 aliphatic carbocycles. The summed E-state index contributed by atoms with van der Waals surface area (Å²) >= 11 is 0. The highest BCUT2D eigenvalue weighted by Crippen LogP contribution is 2.18. The molecule has 1 N–H and O–H groups in total. The molecule has 0 radical (unpaired) electrons. The van der Waals surface area contributed by atoms with Gasteiger partial charge in [-0.1, -0.05) is 42.5 Å². The number of nitrogens with zero attached hydrogens (tertiary/aromatic N) is 1. The highest BCUT2D eigenvalue weighted by atomic mass is 16.1. The first-order valence-corrected chi connectivity index (χ1v) is 6.19. The van der Waals surface area contributed by atoms with Crippen LogP contribution in [0.25, 0.3) is 0 Å². The van der Waals surface area contributed by atoms with Gasteiger partial charge in [-0.3, -0.25) is 4.79 Å². The quantitative estimate of drug-likeness (QED) is 0.823. The summed E-state index contributed by atoms with van der Waals surface area (Å²) in [4.78, 5) is 11.9. The van der Waals surface area contributed by atoms with Crippen molar-refractivity contribution in [3.05, 3.63) is 48.0 Å². The summed E-state index contributed by atoms with van der Waals surface area (Å²) in [6.45, 7) is 0. The van der Waals surface area contributed by atoms with E-state index in [1.807, 2.05) is 42.5 Å². The number of allylic oxidation sites excluding steroid dienone is 1. The fourth-order valence-corrected chi connectivity index (χ4v) is 2.14. The molecule has 1 aromatic carbocycles. The second-order valence-corrected chi connectivity index (χ2v) is 4.50. The van der Waals surface area contributed by atoms with E-state index in [-0.39, 0.29) is 17.9 Å². The summed E-state index contributed by atoms with van der Waals surface area (Å²) in [7, 11) is 0. The Morgan fingerprint density at radius 1 is 1.39 bits per heavy atom. The first-order valence-electron chi connectivity index (χ1n) is 6.19. The van der Waals surface area contributed by atoms with Crippen LogP contribution < -0.4 is 5.32 Å². The molecule has 92 valence electrons. The van der Waals surface area contributed by atoms with E-state index >= 15 is 0 Å². The Morgan fingerprint density at radius 3 is 2.89 bits per heavy atom. The Labute approximate surface area is 107 Å². The van der Waals surface area contributed by atoms with E-state index in [0.717, 1.165) is 18.4 Å². The zero-order valence-corrected chi connectivity index (χ0v) is 10.2. The van der Waals surface area contributed by atoms with Gasteiger partial charge in [0.15, 0.2) is 0 Å². The number of nitrogens with one attached hydrogen (secondary N) is 1. The molecule has 2 atom stereocenters. The predicted octanol–water partition coefficient (Wildman–Crippen LogP) is 2.20. The van der Waals surface area contributed by atoms with Gasteiger partial charge in [0.2, 0.25) is 5.91 Å². The Hall–Kier alpha value is -2.08. The molecule has 2 rings (SSSR count). The van der Waals surface area contributed by atoms with Crippen LogP contribution in [0.3, 0.4) is 0 Å². The lowest BCUT2D eigenvalue weighted by Gasteiger charge is -2.23. The van der Waals surface area contributed by atoms with Crippen molar-refractivity contribution >= 4 is 5.91 Å².